The number of nitrogens with zero attached hydrogens (tertiary/aromatic N) is 3. The van der Waals surface area contributed by atoms with Crippen LogP contribution in [0.25, 0.3) is 5.57 Å². The van der Waals surface area contributed by atoms with Gasteiger partial charge < -0.3 is 14.7 Å². The van der Waals surface area contributed by atoms with Crippen molar-refractivity contribution in [2.75, 3.05) is 11.6 Å². The third-order valence-electron chi connectivity index (χ3n) is 4.90. The summed E-state index contributed by atoms with van der Waals surface area (Å²) in [6.07, 6.45) is 3.46. The molecule has 2 aliphatic heterocycles. The molecule has 3 heterocycles. The Morgan fingerprint density at radius 1 is 1.23 bits per heavy atom. The molecular formula is C20H19N3O3. The molecule has 4 rings (SSSR count). The predicted molar refractivity (Wildman–Crippen MR) is 99.3 cm³/mol. The molecule has 1 N–H and O–H groups in total. The third kappa shape index (κ3) is 2.54. The molecule has 0 spiro atoms. The van der Waals surface area contributed by atoms with Gasteiger partial charge in [-0.05, 0) is 37.6 Å². The number of anilines is 1. The van der Waals surface area contributed by atoms with Crippen molar-refractivity contribution in [1.29, 1.82) is 0 Å². The fraction of sp³-hybridized carbons (Fsp3) is 0.250. The van der Waals surface area contributed by atoms with Crippen LogP contribution in [0, 0.1) is 5.92 Å². The number of para-hydroxylation sites is 2. The molecular weight excluding hydrogens is 330 g/mol. The lowest BCUT2D eigenvalue weighted by molar-refractivity contribution is -0.139. The summed E-state index contributed by atoms with van der Waals surface area (Å²) in [6, 6.07) is 11.1. The van der Waals surface area contributed by atoms with E-state index in [2.05, 4.69) is 9.98 Å². The van der Waals surface area contributed by atoms with E-state index < -0.39 is 17.9 Å². The molecule has 0 radical (unpaired) electrons. The number of carboxylic acids is 1. The van der Waals surface area contributed by atoms with Crippen LogP contribution in [0.15, 0.2) is 59.5 Å². The molecule has 132 valence electrons. The van der Waals surface area contributed by atoms with Crippen LogP contribution in [0.4, 0.5) is 5.69 Å². The number of hydrogen-bond donors (Lipinski definition) is 1. The second-order valence-electron chi connectivity index (χ2n) is 6.47. The molecule has 0 fully saturated rings. The first-order valence-electron chi connectivity index (χ1n) is 8.45. The lowest BCUT2D eigenvalue weighted by Gasteiger charge is -2.37. The molecule has 1 aromatic heterocycles. The fourth-order valence-corrected chi connectivity index (χ4v) is 3.81. The van der Waals surface area contributed by atoms with Crippen LogP contribution in [0.5, 0.6) is 5.75 Å². The molecule has 26 heavy (non-hydrogen) atoms. The molecule has 0 bridgehead atoms. The number of pyridine rings is 1. The lowest BCUT2D eigenvalue weighted by atomic mass is 9.82. The number of ether oxygens (including phenoxy) is 1. The van der Waals surface area contributed by atoms with Gasteiger partial charge >= 0.3 is 5.97 Å². The van der Waals surface area contributed by atoms with Crippen molar-refractivity contribution in [3.05, 3.63) is 60.1 Å². The van der Waals surface area contributed by atoms with E-state index in [1.54, 1.807) is 19.3 Å². The third-order valence-corrected chi connectivity index (χ3v) is 4.90. The Bertz CT molecular complexity index is 921. The normalized spacial score (nSPS) is 21.9. The van der Waals surface area contributed by atoms with Crippen molar-refractivity contribution in [3.63, 3.8) is 0 Å². The van der Waals surface area contributed by atoms with E-state index >= 15 is 0 Å². The van der Waals surface area contributed by atoms with Gasteiger partial charge in [0.05, 0.1) is 11.7 Å². The fourth-order valence-electron chi connectivity index (χ4n) is 3.81. The van der Waals surface area contributed by atoms with Crippen LogP contribution in [0.3, 0.4) is 0 Å². The first-order valence-corrected chi connectivity index (χ1v) is 8.45. The van der Waals surface area contributed by atoms with E-state index in [-0.39, 0.29) is 0 Å². The maximum Gasteiger partial charge on any atom is 0.314 e. The van der Waals surface area contributed by atoms with Crippen molar-refractivity contribution in [3.8, 4) is 5.75 Å². The Morgan fingerprint density at radius 3 is 2.77 bits per heavy atom. The Labute approximate surface area is 151 Å². The molecule has 2 aromatic rings. The van der Waals surface area contributed by atoms with Crippen LogP contribution in [-0.2, 0) is 4.79 Å². The number of rotatable bonds is 3. The molecule has 2 unspecified atom stereocenters. The number of hydrogen-bond acceptors (Lipinski definition) is 5. The molecule has 2 aliphatic rings. The summed E-state index contributed by atoms with van der Waals surface area (Å²) >= 11 is 0. The van der Waals surface area contributed by atoms with E-state index in [4.69, 9.17) is 4.74 Å². The van der Waals surface area contributed by atoms with E-state index in [1.165, 1.54) is 0 Å². The topological polar surface area (TPSA) is 75.0 Å². The molecule has 0 aliphatic carbocycles. The zero-order chi connectivity index (χ0) is 18.3. The van der Waals surface area contributed by atoms with Gasteiger partial charge in [-0.15, -0.1) is 0 Å². The standard InChI is InChI=1S/C20H19N3O3/c1-12-17(14-6-5-9-21-10-14)19(18(20(24)25)13(2)22-12)23-11-26-16-8-4-3-7-15(16)23/h3-10,18-19H,11H2,1-2H3,(H,24,25). The zero-order valence-corrected chi connectivity index (χ0v) is 14.6. The Hall–Kier alpha value is -3.15. The first-order chi connectivity index (χ1) is 12.6. The molecule has 2 atom stereocenters. The van der Waals surface area contributed by atoms with Crippen molar-refractivity contribution in [2.24, 2.45) is 10.9 Å². The van der Waals surface area contributed by atoms with Gasteiger partial charge in [0.1, 0.15) is 11.7 Å². The number of aliphatic carboxylic acids is 1. The van der Waals surface area contributed by atoms with Gasteiger partial charge in [0, 0.05) is 29.4 Å². The number of aromatic nitrogens is 1. The van der Waals surface area contributed by atoms with Crippen molar-refractivity contribution in [1.82, 2.24) is 4.98 Å². The summed E-state index contributed by atoms with van der Waals surface area (Å²) in [5.74, 6) is -0.891. The summed E-state index contributed by atoms with van der Waals surface area (Å²) < 4.78 is 5.80. The summed E-state index contributed by atoms with van der Waals surface area (Å²) in [5, 5.41) is 9.95. The SMILES string of the molecule is CC1=NC(C)=C(c2cccnc2)C(N2COc3ccccc32)C1C(=O)O. The highest BCUT2D eigenvalue weighted by Gasteiger charge is 2.43. The van der Waals surface area contributed by atoms with Crippen LogP contribution in [0.2, 0.25) is 0 Å². The van der Waals surface area contributed by atoms with Crippen LogP contribution < -0.4 is 9.64 Å². The first kappa shape index (κ1) is 16.3. The Balaban J connectivity index is 1.90. The number of fused-ring (bicyclic) bond motifs is 1. The summed E-state index contributed by atoms with van der Waals surface area (Å²) in [5.41, 5.74) is 4.05. The second-order valence-corrected chi connectivity index (χ2v) is 6.47. The van der Waals surface area contributed by atoms with Gasteiger partial charge in [0.25, 0.3) is 0 Å². The number of benzene rings is 1. The maximum absolute atomic E-state index is 12.1. The molecule has 0 amide bonds. The van der Waals surface area contributed by atoms with Gasteiger partial charge in [-0.3, -0.25) is 14.8 Å². The molecule has 6 heteroatoms. The minimum atomic E-state index is -0.894. The van der Waals surface area contributed by atoms with Crippen molar-refractivity contribution >= 4 is 22.9 Å². The van der Waals surface area contributed by atoms with E-state index in [1.807, 2.05) is 48.2 Å². The lowest BCUT2D eigenvalue weighted by Crippen LogP contribution is -2.49. The van der Waals surface area contributed by atoms with Gasteiger partial charge in [0.15, 0.2) is 6.73 Å². The minimum absolute atomic E-state index is 0.304. The summed E-state index contributed by atoms with van der Waals surface area (Å²) in [6.45, 7) is 4.00. The van der Waals surface area contributed by atoms with Gasteiger partial charge in [-0.2, -0.15) is 0 Å². The molecule has 1 aromatic carbocycles. The van der Waals surface area contributed by atoms with Crippen molar-refractivity contribution < 1.29 is 14.6 Å². The quantitative estimate of drug-likeness (QED) is 0.921. The van der Waals surface area contributed by atoms with E-state index in [0.717, 1.165) is 28.3 Å². The van der Waals surface area contributed by atoms with Crippen molar-refractivity contribution in [2.45, 2.75) is 19.9 Å². The summed E-state index contributed by atoms with van der Waals surface area (Å²) in [7, 11) is 0. The second kappa shape index (κ2) is 6.29. The molecule has 0 saturated heterocycles. The number of aliphatic imine (C=N–C) groups is 1. The van der Waals surface area contributed by atoms with Crippen LogP contribution >= 0.6 is 0 Å². The Kier molecular flexibility index (Phi) is 3.95. The highest BCUT2D eigenvalue weighted by atomic mass is 16.5. The predicted octanol–water partition coefficient (Wildman–Crippen LogP) is 3.21. The van der Waals surface area contributed by atoms with E-state index in [0.29, 0.717) is 12.4 Å². The average Bonchev–Trinajstić information content (AvgIpc) is 3.05. The number of carbonyl (C=O) groups is 1. The highest BCUT2D eigenvalue weighted by Crippen LogP contribution is 2.43. The summed E-state index contributed by atoms with van der Waals surface area (Å²) in [4.78, 5) is 22.9. The Morgan fingerprint density at radius 2 is 2.04 bits per heavy atom. The minimum Gasteiger partial charge on any atom is -0.481 e. The van der Waals surface area contributed by atoms with Crippen LogP contribution in [0.1, 0.15) is 19.4 Å². The van der Waals surface area contributed by atoms with E-state index in [9.17, 15) is 9.90 Å². The monoisotopic (exact) mass is 349 g/mol. The largest absolute Gasteiger partial charge is 0.481 e. The smallest absolute Gasteiger partial charge is 0.314 e. The zero-order valence-electron chi connectivity index (χ0n) is 14.6. The van der Waals surface area contributed by atoms with Crippen LogP contribution in [-0.4, -0.2) is 34.5 Å². The maximum atomic E-state index is 12.1. The highest BCUT2D eigenvalue weighted by molar-refractivity contribution is 6.06. The van der Waals surface area contributed by atoms with Gasteiger partial charge in [0.2, 0.25) is 0 Å². The van der Waals surface area contributed by atoms with Gasteiger partial charge in [-0.25, -0.2) is 0 Å². The number of carboxylic acid groups (broad SMARTS) is 1. The van der Waals surface area contributed by atoms with Gasteiger partial charge in [-0.1, -0.05) is 18.2 Å². The average molecular weight is 349 g/mol. The molecule has 6 nitrogen and oxygen atoms in total. The molecule has 0 saturated carbocycles. The number of allylic oxidation sites excluding steroid dienone is 1.